The van der Waals surface area contributed by atoms with E-state index in [1.54, 1.807) is 0 Å². The molecule has 2 nitrogen and oxygen atoms in total. The van der Waals surface area contributed by atoms with Gasteiger partial charge in [-0.05, 0) is 69.9 Å². The zero-order valence-corrected chi connectivity index (χ0v) is 14.5. The summed E-state index contributed by atoms with van der Waals surface area (Å²) in [6, 6.07) is 0. The molecule has 1 aliphatic carbocycles. The highest BCUT2D eigenvalue weighted by atomic mass is 15.2. The van der Waals surface area contributed by atoms with Crippen LogP contribution in [0.3, 0.4) is 0 Å². The first-order valence-electron chi connectivity index (χ1n) is 9.03. The zero-order valence-electron chi connectivity index (χ0n) is 14.5. The van der Waals surface area contributed by atoms with Crippen molar-refractivity contribution in [2.24, 2.45) is 17.6 Å². The van der Waals surface area contributed by atoms with Gasteiger partial charge in [0, 0.05) is 12.1 Å². The molecule has 0 unspecified atom stereocenters. The van der Waals surface area contributed by atoms with Crippen LogP contribution in [0.4, 0.5) is 0 Å². The van der Waals surface area contributed by atoms with E-state index in [2.05, 4.69) is 32.6 Å². The minimum Gasteiger partial charge on any atom is -0.329 e. The summed E-state index contributed by atoms with van der Waals surface area (Å²) in [6.07, 6.45) is 10.7. The molecule has 0 aromatic rings. The van der Waals surface area contributed by atoms with E-state index in [0.29, 0.717) is 5.54 Å². The lowest BCUT2D eigenvalue weighted by Gasteiger charge is -2.48. The molecular formula is C18H38N2. The van der Waals surface area contributed by atoms with E-state index in [1.165, 1.54) is 64.5 Å². The minimum absolute atomic E-state index is 0.318. The van der Waals surface area contributed by atoms with Crippen molar-refractivity contribution in [3.63, 3.8) is 0 Å². The van der Waals surface area contributed by atoms with Crippen LogP contribution in [0.1, 0.15) is 79.1 Å². The predicted octanol–water partition coefficient (Wildman–Crippen LogP) is 4.43. The highest BCUT2D eigenvalue weighted by Gasteiger charge is 2.38. The lowest BCUT2D eigenvalue weighted by Crippen LogP contribution is -2.56. The van der Waals surface area contributed by atoms with E-state index in [4.69, 9.17) is 5.73 Å². The van der Waals surface area contributed by atoms with Gasteiger partial charge in [0.05, 0.1) is 0 Å². The number of nitrogens with zero attached hydrogens (tertiary/aromatic N) is 1. The van der Waals surface area contributed by atoms with Crippen molar-refractivity contribution in [2.75, 3.05) is 19.6 Å². The quantitative estimate of drug-likeness (QED) is 0.678. The van der Waals surface area contributed by atoms with Gasteiger partial charge in [-0.1, -0.05) is 34.1 Å². The molecule has 0 bridgehead atoms. The van der Waals surface area contributed by atoms with E-state index >= 15 is 0 Å². The molecule has 1 fully saturated rings. The Bertz CT molecular complexity index is 242. The van der Waals surface area contributed by atoms with Crippen LogP contribution in [-0.4, -0.2) is 30.1 Å². The summed E-state index contributed by atoms with van der Waals surface area (Å²) >= 11 is 0. The monoisotopic (exact) mass is 282 g/mol. The summed E-state index contributed by atoms with van der Waals surface area (Å²) in [5.74, 6) is 1.77. The van der Waals surface area contributed by atoms with E-state index in [1.807, 2.05) is 0 Å². The van der Waals surface area contributed by atoms with E-state index in [0.717, 1.165) is 18.4 Å². The number of hydrogen-bond acceptors (Lipinski definition) is 2. The Morgan fingerprint density at radius 3 is 2.25 bits per heavy atom. The van der Waals surface area contributed by atoms with Gasteiger partial charge in [-0.25, -0.2) is 0 Å². The average Bonchev–Trinajstić information content (AvgIpc) is 2.46. The van der Waals surface area contributed by atoms with Crippen LogP contribution in [0.5, 0.6) is 0 Å². The predicted molar refractivity (Wildman–Crippen MR) is 90.0 cm³/mol. The number of rotatable bonds is 9. The van der Waals surface area contributed by atoms with Gasteiger partial charge in [0.25, 0.3) is 0 Å². The molecule has 0 saturated heterocycles. The molecule has 0 radical (unpaired) electrons. The van der Waals surface area contributed by atoms with Crippen LogP contribution < -0.4 is 5.73 Å². The topological polar surface area (TPSA) is 29.3 Å². The standard InChI is InChI=1S/C18H38N2/c1-5-13-20(14-7-8-16(3)4)18(15-19)11-9-17(6-2)10-12-18/h16-17H,5-15,19H2,1-4H3. The summed E-state index contributed by atoms with van der Waals surface area (Å²) in [6.45, 7) is 12.6. The number of hydrogen-bond donors (Lipinski definition) is 1. The number of nitrogens with two attached hydrogens (primary N) is 1. The summed E-state index contributed by atoms with van der Waals surface area (Å²) in [7, 11) is 0. The first-order chi connectivity index (χ1) is 9.57. The lowest BCUT2D eigenvalue weighted by atomic mass is 9.74. The maximum absolute atomic E-state index is 6.25. The van der Waals surface area contributed by atoms with Crippen molar-refractivity contribution in [1.82, 2.24) is 4.90 Å². The van der Waals surface area contributed by atoms with Crippen molar-refractivity contribution in [3.8, 4) is 0 Å². The fourth-order valence-electron chi connectivity index (χ4n) is 3.82. The van der Waals surface area contributed by atoms with Crippen LogP contribution in [0, 0.1) is 11.8 Å². The Morgan fingerprint density at radius 1 is 1.15 bits per heavy atom. The SMILES string of the molecule is CCCN(CCCC(C)C)C1(CN)CCC(CC)CC1. The Labute approximate surface area is 127 Å². The Hall–Kier alpha value is -0.0800. The highest BCUT2D eigenvalue weighted by molar-refractivity contribution is 4.95. The zero-order chi connectivity index (χ0) is 15.0. The molecule has 20 heavy (non-hydrogen) atoms. The first kappa shape index (κ1) is 18.0. The molecule has 0 aromatic heterocycles. The second kappa shape index (κ2) is 9.04. The summed E-state index contributed by atoms with van der Waals surface area (Å²) in [5.41, 5.74) is 6.56. The van der Waals surface area contributed by atoms with Crippen LogP contribution in [0.2, 0.25) is 0 Å². The average molecular weight is 283 g/mol. The highest BCUT2D eigenvalue weighted by Crippen LogP contribution is 2.37. The van der Waals surface area contributed by atoms with Crippen LogP contribution in [-0.2, 0) is 0 Å². The molecule has 1 saturated carbocycles. The van der Waals surface area contributed by atoms with Crippen molar-refractivity contribution in [1.29, 1.82) is 0 Å². The Morgan fingerprint density at radius 2 is 1.80 bits per heavy atom. The van der Waals surface area contributed by atoms with E-state index < -0.39 is 0 Å². The summed E-state index contributed by atoms with van der Waals surface area (Å²) in [5, 5.41) is 0. The first-order valence-corrected chi connectivity index (χ1v) is 9.03. The summed E-state index contributed by atoms with van der Waals surface area (Å²) < 4.78 is 0. The molecule has 2 heteroatoms. The van der Waals surface area contributed by atoms with Crippen molar-refractivity contribution < 1.29 is 0 Å². The van der Waals surface area contributed by atoms with Crippen molar-refractivity contribution in [3.05, 3.63) is 0 Å². The van der Waals surface area contributed by atoms with Gasteiger partial charge in [-0.2, -0.15) is 0 Å². The molecule has 120 valence electrons. The van der Waals surface area contributed by atoms with E-state index in [9.17, 15) is 0 Å². The molecule has 0 amide bonds. The van der Waals surface area contributed by atoms with Crippen LogP contribution in [0.15, 0.2) is 0 Å². The third-order valence-electron chi connectivity index (χ3n) is 5.37. The molecule has 0 atom stereocenters. The van der Waals surface area contributed by atoms with Gasteiger partial charge in [-0.3, -0.25) is 4.90 Å². The Kier molecular flexibility index (Phi) is 8.13. The normalized spacial score (nSPS) is 27.4. The minimum atomic E-state index is 0.318. The molecule has 0 spiro atoms. The molecular weight excluding hydrogens is 244 g/mol. The smallest absolute Gasteiger partial charge is 0.0331 e. The van der Waals surface area contributed by atoms with E-state index in [-0.39, 0.29) is 0 Å². The van der Waals surface area contributed by atoms with Crippen LogP contribution >= 0.6 is 0 Å². The molecule has 2 N–H and O–H groups in total. The Balaban J connectivity index is 2.60. The maximum Gasteiger partial charge on any atom is 0.0331 e. The molecule has 0 aromatic carbocycles. The third kappa shape index (κ3) is 5.04. The fraction of sp³-hybridized carbons (Fsp3) is 1.00. The largest absolute Gasteiger partial charge is 0.329 e. The van der Waals surface area contributed by atoms with Gasteiger partial charge in [0.1, 0.15) is 0 Å². The van der Waals surface area contributed by atoms with Gasteiger partial charge in [0.2, 0.25) is 0 Å². The van der Waals surface area contributed by atoms with Gasteiger partial charge in [-0.15, -0.1) is 0 Å². The van der Waals surface area contributed by atoms with Crippen molar-refractivity contribution >= 4 is 0 Å². The molecule has 1 rings (SSSR count). The lowest BCUT2D eigenvalue weighted by molar-refractivity contribution is 0.0393. The fourth-order valence-corrected chi connectivity index (χ4v) is 3.82. The van der Waals surface area contributed by atoms with Crippen molar-refractivity contribution in [2.45, 2.75) is 84.6 Å². The summed E-state index contributed by atoms with van der Waals surface area (Å²) in [4.78, 5) is 2.75. The maximum atomic E-state index is 6.25. The molecule has 0 heterocycles. The second-order valence-electron chi connectivity index (χ2n) is 7.30. The third-order valence-corrected chi connectivity index (χ3v) is 5.37. The second-order valence-corrected chi connectivity index (χ2v) is 7.30. The molecule has 1 aliphatic rings. The molecule has 0 aliphatic heterocycles. The van der Waals surface area contributed by atoms with Gasteiger partial charge < -0.3 is 5.73 Å². The van der Waals surface area contributed by atoms with Crippen LogP contribution in [0.25, 0.3) is 0 Å². The van der Waals surface area contributed by atoms with Gasteiger partial charge in [0.15, 0.2) is 0 Å². The van der Waals surface area contributed by atoms with Gasteiger partial charge >= 0.3 is 0 Å².